The third kappa shape index (κ3) is 1.02. The van der Waals surface area contributed by atoms with E-state index in [0.717, 1.165) is 10.9 Å². The number of hydrogen-bond acceptors (Lipinski definition) is 3. The lowest BCUT2D eigenvalue weighted by Crippen LogP contribution is -2.19. The van der Waals surface area contributed by atoms with Crippen molar-refractivity contribution in [1.29, 1.82) is 0 Å². The van der Waals surface area contributed by atoms with Crippen LogP contribution >= 0.6 is 0 Å². The molecule has 0 bridgehead atoms. The number of aromatic nitrogens is 2. The van der Waals surface area contributed by atoms with Crippen molar-refractivity contribution in [3.63, 3.8) is 0 Å². The first-order valence-corrected chi connectivity index (χ1v) is 2.47. The summed E-state index contributed by atoms with van der Waals surface area (Å²) in [7, 11) is 0. The van der Waals surface area contributed by atoms with Crippen LogP contribution in [0.5, 0.6) is 0 Å². The van der Waals surface area contributed by atoms with Gasteiger partial charge in [0.15, 0.2) is 0 Å². The Hall–Kier alpha value is -1.65. The van der Waals surface area contributed by atoms with E-state index in [9.17, 15) is 9.59 Å². The van der Waals surface area contributed by atoms with E-state index < -0.39 is 11.9 Å². The van der Waals surface area contributed by atoms with Crippen LogP contribution in [0.1, 0.15) is 4.79 Å². The predicted octanol–water partition coefficient (Wildman–Crippen LogP) is -0.392. The Morgan fingerprint density at radius 1 is 1.50 bits per heavy atom. The largest absolute Gasteiger partial charge is 0.474 e. The van der Waals surface area contributed by atoms with Gasteiger partial charge in [-0.1, -0.05) is 0 Å². The molecular formula is C5H4N2O3. The lowest BCUT2D eigenvalue weighted by molar-refractivity contribution is -0.132. The number of carboxylic acids is 1. The van der Waals surface area contributed by atoms with E-state index in [1.807, 2.05) is 0 Å². The summed E-state index contributed by atoms with van der Waals surface area (Å²) < 4.78 is 0.891. The van der Waals surface area contributed by atoms with Gasteiger partial charge in [-0.15, -0.1) is 0 Å². The number of carboxylic acid groups (broad SMARTS) is 1. The molecule has 0 amide bonds. The maximum Gasteiger partial charge on any atom is 0.395 e. The first-order chi connectivity index (χ1) is 4.72. The summed E-state index contributed by atoms with van der Waals surface area (Å²) in [6.07, 6.45) is 3.74. The van der Waals surface area contributed by atoms with Gasteiger partial charge < -0.3 is 5.11 Å². The molecule has 0 aliphatic rings. The summed E-state index contributed by atoms with van der Waals surface area (Å²) >= 11 is 0. The molecule has 0 saturated heterocycles. The van der Waals surface area contributed by atoms with Crippen LogP contribution in [0.4, 0.5) is 0 Å². The van der Waals surface area contributed by atoms with E-state index >= 15 is 0 Å². The molecule has 0 aliphatic heterocycles. The molecule has 0 saturated carbocycles. The summed E-state index contributed by atoms with van der Waals surface area (Å²) in [5.41, 5.74) is 0. The van der Waals surface area contributed by atoms with Crippen molar-refractivity contribution in [3.05, 3.63) is 18.7 Å². The van der Waals surface area contributed by atoms with E-state index in [1.165, 1.54) is 12.4 Å². The zero-order chi connectivity index (χ0) is 7.56. The highest BCUT2D eigenvalue weighted by molar-refractivity contribution is 6.32. The molecule has 1 aromatic rings. The van der Waals surface area contributed by atoms with Crippen LogP contribution < -0.4 is 0 Å². The Morgan fingerprint density at radius 3 is 2.60 bits per heavy atom. The fraction of sp³-hybridized carbons (Fsp3) is 0. The second kappa shape index (κ2) is 2.30. The van der Waals surface area contributed by atoms with Gasteiger partial charge in [0, 0.05) is 12.4 Å². The highest BCUT2D eigenvalue weighted by Gasteiger charge is 2.11. The minimum Gasteiger partial charge on any atom is -0.474 e. The van der Waals surface area contributed by atoms with E-state index in [0.29, 0.717) is 0 Å². The van der Waals surface area contributed by atoms with Crippen LogP contribution in [0.25, 0.3) is 0 Å². The van der Waals surface area contributed by atoms with Gasteiger partial charge >= 0.3 is 11.9 Å². The van der Waals surface area contributed by atoms with Gasteiger partial charge in [-0.25, -0.2) is 9.78 Å². The first kappa shape index (κ1) is 6.47. The summed E-state index contributed by atoms with van der Waals surface area (Å²) in [5, 5.41) is 8.16. The Labute approximate surface area is 55.9 Å². The molecule has 1 rings (SSSR count). The molecule has 0 radical (unpaired) electrons. The summed E-state index contributed by atoms with van der Waals surface area (Å²) in [4.78, 5) is 24.0. The molecule has 5 heteroatoms. The molecule has 1 heterocycles. The third-order valence-electron chi connectivity index (χ3n) is 0.922. The quantitative estimate of drug-likeness (QED) is 0.498. The number of carbonyl (C=O) groups excluding carboxylic acids is 1. The average molecular weight is 140 g/mol. The minimum absolute atomic E-state index is 0.891. The van der Waals surface area contributed by atoms with Crippen molar-refractivity contribution in [2.75, 3.05) is 0 Å². The van der Waals surface area contributed by atoms with E-state index in [4.69, 9.17) is 5.11 Å². The van der Waals surface area contributed by atoms with Gasteiger partial charge in [0.2, 0.25) is 0 Å². The molecule has 1 aromatic heterocycles. The maximum atomic E-state index is 10.5. The van der Waals surface area contributed by atoms with Gasteiger partial charge in [0.1, 0.15) is 6.33 Å². The monoisotopic (exact) mass is 140 g/mol. The van der Waals surface area contributed by atoms with Crippen molar-refractivity contribution >= 4 is 11.9 Å². The van der Waals surface area contributed by atoms with Crippen LogP contribution in [0.3, 0.4) is 0 Å². The molecule has 0 atom stereocenters. The van der Waals surface area contributed by atoms with Crippen LogP contribution in [0.15, 0.2) is 18.7 Å². The van der Waals surface area contributed by atoms with E-state index in [1.54, 1.807) is 0 Å². The number of aliphatic carboxylic acids is 1. The topological polar surface area (TPSA) is 72.2 Å². The molecule has 52 valence electrons. The molecule has 5 nitrogen and oxygen atoms in total. The molecule has 0 aromatic carbocycles. The number of hydrogen-bond donors (Lipinski definition) is 1. The van der Waals surface area contributed by atoms with E-state index in [-0.39, 0.29) is 0 Å². The van der Waals surface area contributed by atoms with E-state index in [2.05, 4.69) is 4.98 Å². The molecule has 0 fully saturated rings. The Kier molecular flexibility index (Phi) is 1.49. The predicted molar refractivity (Wildman–Crippen MR) is 30.5 cm³/mol. The van der Waals surface area contributed by atoms with Crippen LogP contribution in [0, 0.1) is 0 Å². The SMILES string of the molecule is O=C(O)C(=O)n1ccnc1. The van der Waals surface area contributed by atoms with Crippen LogP contribution in [0.2, 0.25) is 0 Å². The van der Waals surface area contributed by atoms with Gasteiger partial charge in [0.25, 0.3) is 0 Å². The molecule has 0 spiro atoms. The highest BCUT2D eigenvalue weighted by atomic mass is 16.4. The van der Waals surface area contributed by atoms with Crippen LogP contribution in [-0.4, -0.2) is 26.5 Å². The summed E-state index contributed by atoms with van der Waals surface area (Å²) in [5.74, 6) is -2.49. The van der Waals surface area contributed by atoms with Gasteiger partial charge in [-0.3, -0.25) is 9.36 Å². The molecule has 0 unspecified atom stereocenters. The van der Waals surface area contributed by atoms with Gasteiger partial charge in [-0.2, -0.15) is 0 Å². The minimum atomic E-state index is -1.49. The molecular weight excluding hydrogens is 136 g/mol. The second-order valence-corrected chi connectivity index (χ2v) is 1.58. The smallest absolute Gasteiger partial charge is 0.395 e. The number of nitrogens with zero attached hydrogens (tertiary/aromatic N) is 2. The fourth-order valence-corrected chi connectivity index (χ4v) is 0.490. The summed E-state index contributed by atoms with van der Waals surface area (Å²) in [6.45, 7) is 0. The number of imidazole rings is 1. The zero-order valence-electron chi connectivity index (χ0n) is 4.89. The standard InChI is InChI=1S/C5H4N2O3/c8-4(5(9)10)7-2-1-6-3-7/h1-3H,(H,9,10). The van der Waals surface area contributed by atoms with Gasteiger partial charge in [0.05, 0.1) is 0 Å². The lowest BCUT2D eigenvalue weighted by atomic mass is 10.6. The third-order valence-corrected chi connectivity index (χ3v) is 0.922. The normalized spacial score (nSPS) is 9.20. The average Bonchev–Trinajstić information content (AvgIpc) is 2.36. The lowest BCUT2D eigenvalue weighted by Gasteiger charge is -1.90. The fourth-order valence-electron chi connectivity index (χ4n) is 0.490. The Morgan fingerprint density at radius 2 is 2.20 bits per heavy atom. The second-order valence-electron chi connectivity index (χ2n) is 1.58. The van der Waals surface area contributed by atoms with Gasteiger partial charge in [-0.05, 0) is 0 Å². The first-order valence-electron chi connectivity index (χ1n) is 2.47. The highest BCUT2D eigenvalue weighted by Crippen LogP contribution is 1.84. The van der Waals surface area contributed by atoms with Crippen molar-refractivity contribution in [3.8, 4) is 0 Å². The van der Waals surface area contributed by atoms with Crippen molar-refractivity contribution in [2.24, 2.45) is 0 Å². The zero-order valence-corrected chi connectivity index (χ0v) is 4.89. The van der Waals surface area contributed by atoms with Crippen molar-refractivity contribution in [1.82, 2.24) is 9.55 Å². The molecule has 0 aliphatic carbocycles. The molecule has 10 heavy (non-hydrogen) atoms. The Bertz CT molecular complexity index is 252. The summed E-state index contributed by atoms with van der Waals surface area (Å²) in [6, 6.07) is 0. The maximum absolute atomic E-state index is 10.5. The Balaban J connectivity index is 2.88. The number of carbonyl (C=O) groups is 2. The van der Waals surface area contributed by atoms with Crippen molar-refractivity contribution in [2.45, 2.75) is 0 Å². The number of rotatable bonds is 0. The van der Waals surface area contributed by atoms with Crippen molar-refractivity contribution < 1.29 is 14.7 Å². The van der Waals surface area contributed by atoms with Crippen LogP contribution in [-0.2, 0) is 4.79 Å². The molecule has 1 N–H and O–H groups in total.